The van der Waals surface area contributed by atoms with Crippen LogP contribution in [0.5, 0.6) is 0 Å². The summed E-state index contributed by atoms with van der Waals surface area (Å²) in [7, 11) is -3.99. The van der Waals surface area contributed by atoms with E-state index in [0.29, 0.717) is 16.9 Å². The Balaban J connectivity index is 1.85. The number of hydrogen-bond donors (Lipinski definition) is 1. The molecule has 8 heteroatoms. The Labute approximate surface area is 194 Å². The number of benzene rings is 3. The van der Waals surface area contributed by atoms with Crippen LogP contribution in [0, 0.1) is 13.8 Å². The highest BCUT2D eigenvalue weighted by atomic mass is 32.2. The van der Waals surface area contributed by atoms with Crippen LogP contribution in [0.3, 0.4) is 0 Å². The van der Waals surface area contributed by atoms with Gasteiger partial charge in [-0.3, -0.25) is 9.10 Å². The predicted octanol–water partition coefficient (Wildman–Crippen LogP) is 4.31. The molecule has 3 rings (SSSR count). The fourth-order valence-corrected chi connectivity index (χ4v) is 4.58. The zero-order chi connectivity index (χ0) is 24.0. The molecule has 1 amide bonds. The van der Waals surface area contributed by atoms with E-state index in [1.165, 1.54) is 24.3 Å². The Hall–Kier alpha value is -3.65. The van der Waals surface area contributed by atoms with E-state index in [1.54, 1.807) is 49.4 Å². The number of sulfonamides is 1. The molecule has 33 heavy (non-hydrogen) atoms. The lowest BCUT2D eigenvalue weighted by atomic mass is 10.2. The maximum absolute atomic E-state index is 13.4. The van der Waals surface area contributed by atoms with Gasteiger partial charge in [-0.05, 0) is 74.9 Å². The summed E-state index contributed by atoms with van der Waals surface area (Å²) >= 11 is 0. The Bertz CT molecular complexity index is 1240. The number of ether oxygens (including phenoxy) is 1. The average molecular weight is 467 g/mol. The molecule has 172 valence electrons. The topological polar surface area (TPSA) is 92.8 Å². The molecule has 0 aliphatic rings. The summed E-state index contributed by atoms with van der Waals surface area (Å²) in [5.74, 6) is -0.971. The van der Waals surface area contributed by atoms with Gasteiger partial charge in [0.2, 0.25) is 5.91 Å². The maximum Gasteiger partial charge on any atom is 0.338 e. The van der Waals surface area contributed by atoms with Crippen molar-refractivity contribution in [1.82, 2.24) is 0 Å². The number of amides is 1. The lowest BCUT2D eigenvalue weighted by Gasteiger charge is -2.24. The Morgan fingerprint density at radius 1 is 0.909 bits per heavy atom. The van der Waals surface area contributed by atoms with E-state index in [2.05, 4.69) is 5.32 Å². The Morgan fingerprint density at radius 2 is 1.58 bits per heavy atom. The van der Waals surface area contributed by atoms with Gasteiger partial charge in [-0.2, -0.15) is 0 Å². The molecule has 0 bridgehead atoms. The number of nitrogens with one attached hydrogen (secondary N) is 1. The molecule has 0 radical (unpaired) electrons. The van der Waals surface area contributed by atoms with Crippen LogP contribution < -0.4 is 9.62 Å². The minimum Gasteiger partial charge on any atom is -0.462 e. The van der Waals surface area contributed by atoms with Gasteiger partial charge >= 0.3 is 5.97 Å². The van der Waals surface area contributed by atoms with Crippen molar-refractivity contribution < 1.29 is 22.7 Å². The van der Waals surface area contributed by atoms with Gasteiger partial charge < -0.3 is 10.1 Å². The third-order valence-corrected chi connectivity index (χ3v) is 6.65. The van der Waals surface area contributed by atoms with Crippen molar-refractivity contribution in [3.63, 3.8) is 0 Å². The minimum absolute atomic E-state index is 0.0983. The van der Waals surface area contributed by atoms with Crippen LogP contribution in [0.25, 0.3) is 0 Å². The van der Waals surface area contributed by atoms with Gasteiger partial charge in [-0.15, -0.1) is 0 Å². The van der Waals surface area contributed by atoms with Crippen LogP contribution in [0.2, 0.25) is 0 Å². The van der Waals surface area contributed by atoms with Crippen molar-refractivity contribution in [2.75, 3.05) is 22.8 Å². The number of carbonyl (C=O) groups excluding carboxylic acids is 2. The smallest absolute Gasteiger partial charge is 0.338 e. The fourth-order valence-electron chi connectivity index (χ4n) is 3.17. The second-order valence-electron chi connectivity index (χ2n) is 7.51. The molecule has 0 aliphatic heterocycles. The van der Waals surface area contributed by atoms with Gasteiger partial charge in [-0.25, -0.2) is 13.2 Å². The molecule has 0 saturated heterocycles. The Kier molecular flexibility index (Phi) is 7.50. The molecule has 3 aromatic carbocycles. The van der Waals surface area contributed by atoms with Gasteiger partial charge in [0, 0.05) is 5.69 Å². The van der Waals surface area contributed by atoms with E-state index in [9.17, 15) is 18.0 Å². The summed E-state index contributed by atoms with van der Waals surface area (Å²) in [4.78, 5) is 24.7. The van der Waals surface area contributed by atoms with Crippen molar-refractivity contribution in [1.29, 1.82) is 0 Å². The third kappa shape index (κ3) is 5.98. The van der Waals surface area contributed by atoms with E-state index in [-0.39, 0.29) is 11.5 Å². The van der Waals surface area contributed by atoms with Gasteiger partial charge in [0.15, 0.2) is 0 Å². The number of rotatable bonds is 8. The first-order valence-corrected chi connectivity index (χ1v) is 11.9. The number of anilines is 2. The first-order valence-electron chi connectivity index (χ1n) is 10.4. The second kappa shape index (κ2) is 10.3. The standard InChI is InChI=1S/C25H26N2O5S/c1-4-32-25(29)20-10-12-21(13-11-20)26-24(28)17-27(22-7-5-6-19(3)16-22)33(30,31)23-14-8-18(2)9-15-23/h5-16H,4,17H2,1-3H3,(H,26,28). The van der Waals surface area contributed by atoms with Gasteiger partial charge in [-0.1, -0.05) is 29.8 Å². The molecular weight excluding hydrogens is 440 g/mol. The van der Waals surface area contributed by atoms with Gasteiger partial charge in [0.1, 0.15) is 6.54 Å². The average Bonchev–Trinajstić information content (AvgIpc) is 2.78. The van der Waals surface area contributed by atoms with Crippen molar-refractivity contribution >= 4 is 33.3 Å². The summed E-state index contributed by atoms with van der Waals surface area (Å²) in [6.45, 7) is 5.29. The van der Waals surface area contributed by atoms with Crippen LogP contribution in [0.1, 0.15) is 28.4 Å². The highest BCUT2D eigenvalue weighted by Gasteiger charge is 2.27. The maximum atomic E-state index is 13.4. The quantitative estimate of drug-likeness (QED) is 0.499. The van der Waals surface area contributed by atoms with Crippen LogP contribution in [-0.2, 0) is 19.6 Å². The lowest BCUT2D eigenvalue weighted by molar-refractivity contribution is -0.114. The van der Waals surface area contributed by atoms with Crippen LogP contribution in [0.15, 0.2) is 77.7 Å². The molecule has 3 aromatic rings. The van der Waals surface area contributed by atoms with E-state index in [4.69, 9.17) is 4.74 Å². The highest BCUT2D eigenvalue weighted by Crippen LogP contribution is 2.25. The SMILES string of the molecule is CCOC(=O)c1ccc(NC(=O)CN(c2cccc(C)c2)S(=O)(=O)c2ccc(C)cc2)cc1. The van der Waals surface area contributed by atoms with Crippen molar-refractivity contribution in [3.8, 4) is 0 Å². The van der Waals surface area contributed by atoms with Crippen LogP contribution >= 0.6 is 0 Å². The number of hydrogen-bond acceptors (Lipinski definition) is 5. The predicted molar refractivity (Wildman–Crippen MR) is 128 cm³/mol. The zero-order valence-corrected chi connectivity index (χ0v) is 19.6. The summed E-state index contributed by atoms with van der Waals surface area (Å²) in [5.41, 5.74) is 2.98. The first-order chi connectivity index (χ1) is 15.7. The van der Waals surface area contributed by atoms with Gasteiger partial charge in [0.25, 0.3) is 10.0 Å². The van der Waals surface area contributed by atoms with Crippen molar-refractivity contribution in [2.45, 2.75) is 25.7 Å². The molecule has 0 aromatic heterocycles. The molecule has 0 atom stereocenters. The summed E-state index contributed by atoms with van der Waals surface area (Å²) in [6, 6.07) is 19.7. The first kappa shape index (κ1) is 24.0. The highest BCUT2D eigenvalue weighted by molar-refractivity contribution is 7.92. The summed E-state index contributed by atoms with van der Waals surface area (Å²) in [5, 5.41) is 2.69. The molecule has 0 fully saturated rings. The van der Waals surface area contributed by atoms with E-state index < -0.39 is 28.4 Å². The van der Waals surface area contributed by atoms with Crippen molar-refractivity contribution in [3.05, 3.63) is 89.5 Å². The molecule has 0 spiro atoms. The molecule has 7 nitrogen and oxygen atoms in total. The van der Waals surface area contributed by atoms with E-state index in [1.807, 2.05) is 19.9 Å². The summed E-state index contributed by atoms with van der Waals surface area (Å²) < 4.78 is 32.9. The molecule has 0 unspecified atom stereocenters. The number of aryl methyl sites for hydroxylation is 2. The van der Waals surface area contributed by atoms with E-state index >= 15 is 0 Å². The lowest BCUT2D eigenvalue weighted by Crippen LogP contribution is -2.38. The molecule has 1 N–H and O–H groups in total. The van der Waals surface area contributed by atoms with Gasteiger partial charge in [0.05, 0.1) is 22.8 Å². The molecule has 0 heterocycles. The normalized spacial score (nSPS) is 11.0. The monoisotopic (exact) mass is 466 g/mol. The fraction of sp³-hybridized carbons (Fsp3) is 0.200. The Morgan fingerprint density at radius 3 is 2.18 bits per heavy atom. The number of nitrogens with zero attached hydrogens (tertiary/aromatic N) is 1. The molecule has 0 aliphatic carbocycles. The number of carbonyl (C=O) groups is 2. The second-order valence-corrected chi connectivity index (χ2v) is 9.37. The van der Waals surface area contributed by atoms with Crippen LogP contribution in [-0.4, -0.2) is 33.4 Å². The molecule has 0 saturated carbocycles. The zero-order valence-electron chi connectivity index (χ0n) is 18.7. The van der Waals surface area contributed by atoms with Crippen molar-refractivity contribution in [2.24, 2.45) is 0 Å². The number of esters is 1. The van der Waals surface area contributed by atoms with Crippen LogP contribution in [0.4, 0.5) is 11.4 Å². The molecular formula is C25H26N2O5S. The largest absolute Gasteiger partial charge is 0.462 e. The minimum atomic E-state index is -3.99. The summed E-state index contributed by atoms with van der Waals surface area (Å²) in [6.07, 6.45) is 0. The van der Waals surface area contributed by atoms with E-state index in [0.717, 1.165) is 15.4 Å². The third-order valence-electron chi connectivity index (χ3n) is 4.87.